The standard InChI is InChI=1S/C9H15NOS2/c1-7-5-12-9(10-7)13-6-8-3-2-4-11-8/h7-8H,2-6H2,1H3. The maximum Gasteiger partial charge on any atom is 0.125 e. The first-order chi connectivity index (χ1) is 6.34. The summed E-state index contributed by atoms with van der Waals surface area (Å²) in [5, 5.41) is 0. The second kappa shape index (κ2) is 4.71. The third kappa shape index (κ3) is 2.89. The van der Waals surface area contributed by atoms with Crippen LogP contribution >= 0.6 is 23.5 Å². The maximum atomic E-state index is 5.55. The number of rotatable bonds is 2. The molecule has 74 valence electrons. The largest absolute Gasteiger partial charge is 0.377 e. The Balaban J connectivity index is 1.70. The average molecular weight is 217 g/mol. The van der Waals surface area contributed by atoms with Crippen LogP contribution in [0, 0.1) is 0 Å². The van der Waals surface area contributed by atoms with Crippen LogP contribution in [0.25, 0.3) is 0 Å². The van der Waals surface area contributed by atoms with Crippen LogP contribution in [-0.2, 0) is 4.74 Å². The zero-order valence-electron chi connectivity index (χ0n) is 7.86. The molecule has 0 aliphatic carbocycles. The van der Waals surface area contributed by atoms with Gasteiger partial charge in [-0.15, -0.1) is 0 Å². The summed E-state index contributed by atoms with van der Waals surface area (Å²) < 4.78 is 6.82. The van der Waals surface area contributed by atoms with Gasteiger partial charge < -0.3 is 4.74 Å². The predicted molar refractivity (Wildman–Crippen MR) is 60.8 cm³/mol. The molecule has 2 unspecified atom stereocenters. The van der Waals surface area contributed by atoms with Gasteiger partial charge >= 0.3 is 0 Å². The molecule has 0 saturated carbocycles. The number of aliphatic imine (C=N–C) groups is 1. The molecule has 2 atom stereocenters. The van der Waals surface area contributed by atoms with E-state index in [1.165, 1.54) is 17.2 Å². The van der Waals surface area contributed by atoms with Gasteiger partial charge in [0.25, 0.3) is 0 Å². The average Bonchev–Trinajstić information content (AvgIpc) is 2.71. The van der Waals surface area contributed by atoms with Crippen molar-refractivity contribution in [2.45, 2.75) is 31.9 Å². The first kappa shape index (κ1) is 9.87. The van der Waals surface area contributed by atoms with Gasteiger partial charge in [-0.1, -0.05) is 23.5 Å². The highest BCUT2D eigenvalue weighted by Gasteiger charge is 2.19. The van der Waals surface area contributed by atoms with Gasteiger partial charge in [-0.05, 0) is 19.8 Å². The van der Waals surface area contributed by atoms with Gasteiger partial charge in [0, 0.05) is 18.1 Å². The Morgan fingerprint density at radius 1 is 1.69 bits per heavy atom. The Kier molecular flexibility index (Phi) is 3.58. The van der Waals surface area contributed by atoms with E-state index in [4.69, 9.17) is 4.74 Å². The molecule has 0 aromatic carbocycles. The van der Waals surface area contributed by atoms with Crippen LogP contribution in [0.2, 0.25) is 0 Å². The lowest BCUT2D eigenvalue weighted by Gasteiger charge is -2.07. The second-order valence-corrected chi connectivity index (χ2v) is 5.78. The number of hydrogen-bond donors (Lipinski definition) is 0. The minimum absolute atomic E-state index is 0.490. The molecule has 0 amide bonds. The maximum absolute atomic E-state index is 5.55. The fourth-order valence-corrected chi connectivity index (χ4v) is 3.77. The van der Waals surface area contributed by atoms with Crippen LogP contribution in [0.15, 0.2) is 4.99 Å². The van der Waals surface area contributed by atoms with Crippen molar-refractivity contribution >= 4 is 27.9 Å². The van der Waals surface area contributed by atoms with Gasteiger partial charge in [-0.25, -0.2) is 0 Å². The molecule has 0 radical (unpaired) electrons. The molecule has 2 heterocycles. The monoisotopic (exact) mass is 217 g/mol. The number of hydrogen-bond acceptors (Lipinski definition) is 4. The second-order valence-electron chi connectivity index (χ2n) is 3.50. The lowest BCUT2D eigenvalue weighted by molar-refractivity contribution is 0.129. The molecule has 4 heteroatoms. The van der Waals surface area contributed by atoms with Crippen molar-refractivity contribution in [3.63, 3.8) is 0 Å². The third-order valence-electron chi connectivity index (χ3n) is 2.19. The molecule has 0 N–H and O–H groups in total. The van der Waals surface area contributed by atoms with Gasteiger partial charge in [-0.2, -0.15) is 0 Å². The van der Waals surface area contributed by atoms with Gasteiger partial charge in [0.2, 0.25) is 0 Å². The normalized spacial score (nSPS) is 33.8. The summed E-state index contributed by atoms with van der Waals surface area (Å²) in [6, 6.07) is 0.525. The molecule has 0 spiro atoms. The Labute approximate surface area is 87.9 Å². The Hall–Kier alpha value is 0.330. The molecule has 2 aliphatic rings. The molecule has 0 aromatic rings. The van der Waals surface area contributed by atoms with E-state index in [-0.39, 0.29) is 0 Å². The molecule has 13 heavy (non-hydrogen) atoms. The van der Waals surface area contributed by atoms with E-state index in [2.05, 4.69) is 11.9 Å². The fourth-order valence-electron chi connectivity index (χ4n) is 1.47. The molecule has 0 bridgehead atoms. The number of ether oxygens (including phenoxy) is 1. The van der Waals surface area contributed by atoms with E-state index < -0.39 is 0 Å². The van der Waals surface area contributed by atoms with Crippen LogP contribution in [-0.4, -0.2) is 34.6 Å². The Morgan fingerprint density at radius 2 is 2.62 bits per heavy atom. The minimum atomic E-state index is 0.490. The SMILES string of the molecule is CC1CSC(SCC2CCCO2)=N1. The molecular weight excluding hydrogens is 202 g/mol. The summed E-state index contributed by atoms with van der Waals surface area (Å²) in [6.45, 7) is 3.13. The van der Waals surface area contributed by atoms with Crippen LogP contribution in [0.5, 0.6) is 0 Å². The smallest absolute Gasteiger partial charge is 0.125 e. The molecular formula is C9H15NOS2. The highest BCUT2D eigenvalue weighted by Crippen LogP contribution is 2.28. The summed E-state index contributed by atoms with van der Waals surface area (Å²) in [6.07, 6.45) is 2.96. The van der Waals surface area contributed by atoms with Crippen molar-refractivity contribution in [1.82, 2.24) is 0 Å². The van der Waals surface area contributed by atoms with E-state index in [1.807, 2.05) is 23.5 Å². The Morgan fingerprint density at radius 3 is 3.23 bits per heavy atom. The van der Waals surface area contributed by atoms with Crippen molar-refractivity contribution in [3.05, 3.63) is 0 Å². The summed E-state index contributed by atoms with van der Waals surface area (Å²) in [4.78, 5) is 4.54. The quantitative estimate of drug-likeness (QED) is 0.709. The van der Waals surface area contributed by atoms with E-state index in [9.17, 15) is 0 Å². The summed E-state index contributed by atoms with van der Waals surface area (Å²) in [5.74, 6) is 2.26. The van der Waals surface area contributed by atoms with Crippen LogP contribution in [0.3, 0.4) is 0 Å². The summed E-state index contributed by atoms with van der Waals surface area (Å²) >= 11 is 3.76. The first-order valence-electron chi connectivity index (χ1n) is 4.79. The van der Waals surface area contributed by atoms with Crippen LogP contribution < -0.4 is 0 Å². The molecule has 0 aromatic heterocycles. The third-order valence-corrected chi connectivity index (χ3v) is 4.79. The van der Waals surface area contributed by atoms with Crippen molar-refractivity contribution in [1.29, 1.82) is 0 Å². The van der Waals surface area contributed by atoms with E-state index in [1.54, 1.807) is 0 Å². The summed E-state index contributed by atoms with van der Waals surface area (Å²) in [5.41, 5.74) is 0. The van der Waals surface area contributed by atoms with Crippen molar-refractivity contribution in [3.8, 4) is 0 Å². The molecule has 2 aliphatic heterocycles. The lowest BCUT2D eigenvalue weighted by Crippen LogP contribution is -2.08. The van der Waals surface area contributed by atoms with Crippen molar-refractivity contribution in [2.24, 2.45) is 4.99 Å². The molecule has 2 nitrogen and oxygen atoms in total. The predicted octanol–water partition coefficient (Wildman–Crippen LogP) is 2.39. The first-order valence-corrected chi connectivity index (χ1v) is 6.77. The van der Waals surface area contributed by atoms with E-state index >= 15 is 0 Å². The lowest BCUT2D eigenvalue weighted by atomic mass is 10.3. The Bertz CT molecular complexity index is 202. The summed E-state index contributed by atoms with van der Waals surface area (Å²) in [7, 11) is 0. The molecule has 1 saturated heterocycles. The number of thioether (sulfide) groups is 2. The van der Waals surface area contributed by atoms with Crippen molar-refractivity contribution < 1.29 is 4.74 Å². The molecule has 1 fully saturated rings. The zero-order chi connectivity index (χ0) is 9.10. The number of nitrogens with zero attached hydrogens (tertiary/aromatic N) is 1. The minimum Gasteiger partial charge on any atom is -0.377 e. The van der Waals surface area contributed by atoms with Gasteiger partial charge in [0.15, 0.2) is 0 Å². The van der Waals surface area contributed by atoms with Gasteiger partial charge in [0.05, 0.1) is 12.1 Å². The van der Waals surface area contributed by atoms with E-state index in [0.29, 0.717) is 12.1 Å². The highest BCUT2D eigenvalue weighted by molar-refractivity contribution is 8.39. The topological polar surface area (TPSA) is 21.6 Å². The van der Waals surface area contributed by atoms with Crippen LogP contribution in [0.1, 0.15) is 19.8 Å². The zero-order valence-corrected chi connectivity index (χ0v) is 9.50. The van der Waals surface area contributed by atoms with E-state index in [0.717, 1.165) is 18.1 Å². The molecule has 2 rings (SSSR count). The van der Waals surface area contributed by atoms with Gasteiger partial charge in [0.1, 0.15) is 4.38 Å². The van der Waals surface area contributed by atoms with Crippen molar-refractivity contribution in [2.75, 3.05) is 18.1 Å². The highest BCUT2D eigenvalue weighted by atomic mass is 32.2. The fraction of sp³-hybridized carbons (Fsp3) is 0.889. The van der Waals surface area contributed by atoms with Crippen LogP contribution in [0.4, 0.5) is 0 Å². The van der Waals surface area contributed by atoms with Gasteiger partial charge in [-0.3, -0.25) is 4.99 Å².